The quantitative estimate of drug-likeness (QED) is 0.846. The molecule has 1 aliphatic heterocycles. The number of sulfonamides is 1. The first kappa shape index (κ1) is 15.6. The molecule has 1 saturated heterocycles. The van der Waals surface area contributed by atoms with Crippen molar-refractivity contribution in [2.75, 3.05) is 19.3 Å². The molecule has 0 bridgehead atoms. The summed E-state index contributed by atoms with van der Waals surface area (Å²) < 4.78 is 31.0. The number of hydrogen-bond donors (Lipinski definition) is 1. The maximum Gasteiger partial charge on any atom is 0.223 e. The van der Waals surface area contributed by atoms with Crippen LogP contribution in [0.1, 0.15) is 25.0 Å². The lowest BCUT2D eigenvalue weighted by Crippen LogP contribution is -2.41. The number of rotatable bonds is 6. The zero-order chi connectivity index (χ0) is 15.7. The molecule has 6 nitrogen and oxygen atoms in total. The third-order valence-corrected chi connectivity index (χ3v) is 5.21. The van der Waals surface area contributed by atoms with Gasteiger partial charge in [-0.15, -0.1) is 0 Å². The molecule has 3 rings (SSSR count). The summed E-state index contributed by atoms with van der Waals surface area (Å²) in [6.07, 6.45) is 6.04. The summed E-state index contributed by atoms with van der Waals surface area (Å²) in [7, 11) is -3.25. The number of nitrogens with zero attached hydrogens (tertiary/aromatic N) is 1. The van der Waals surface area contributed by atoms with E-state index in [2.05, 4.69) is 4.72 Å². The molecule has 1 amide bonds. The van der Waals surface area contributed by atoms with Crippen LogP contribution in [0.5, 0.6) is 0 Å². The van der Waals surface area contributed by atoms with Gasteiger partial charge in [0.15, 0.2) is 0 Å². The highest BCUT2D eigenvalue weighted by Crippen LogP contribution is 2.41. The third-order valence-electron chi connectivity index (χ3n) is 4.48. The van der Waals surface area contributed by atoms with Crippen molar-refractivity contribution in [2.45, 2.75) is 31.7 Å². The minimum atomic E-state index is -3.25. The summed E-state index contributed by atoms with van der Waals surface area (Å²) in [6, 6.07) is 3.53. The average Bonchev–Trinajstić information content (AvgIpc) is 2.98. The van der Waals surface area contributed by atoms with Crippen molar-refractivity contribution >= 4 is 15.9 Å². The van der Waals surface area contributed by atoms with Crippen LogP contribution in [-0.4, -0.2) is 44.6 Å². The van der Waals surface area contributed by atoms with Crippen LogP contribution in [0.25, 0.3) is 0 Å². The molecule has 2 aliphatic rings. The van der Waals surface area contributed by atoms with E-state index in [4.69, 9.17) is 4.42 Å². The van der Waals surface area contributed by atoms with Gasteiger partial charge in [-0.25, -0.2) is 13.1 Å². The smallest absolute Gasteiger partial charge is 0.223 e. The van der Waals surface area contributed by atoms with E-state index in [1.165, 1.54) is 6.26 Å². The summed E-state index contributed by atoms with van der Waals surface area (Å²) in [4.78, 5) is 14.1. The van der Waals surface area contributed by atoms with E-state index in [0.717, 1.165) is 18.6 Å². The Labute approximate surface area is 130 Å². The summed E-state index contributed by atoms with van der Waals surface area (Å²) >= 11 is 0. The second kappa shape index (κ2) is 6.04. The monoisotopic (exact) mass is 326 g/mol. The van der Waals surface area contributed by atoms with Crippen LogP contribution in [0.3, 0.4) is 0 Å². The van der Waals surface area contributed by atoms with Crippen molar-refractivity contribution in [3.63, 3.8) is 0 Å². The van der Waals surface area contributed by atoms with E-state index in [0.29, 0.717) is 31.8 Å². The molecule has 2 fully saturated rings. The van der Waals surface area contributed by atoms with Crippen molar-refractivity contribution in [1.82, 2.24) is 9.62 Å². The minimum absolute atomic E-state index is 0.0693. The molecule has 1 aliphatic carbocycles. The number of likely N-dealkylation sites (tertiary alicyclic amines) is 1. The number of carbonyl (C=O) groups is 1. The van der Waals surface area contributed by atoms with Crippen molar-refractivity contribution in [3.05, 3.63) is 24.2 Å². The molecule has 2 heterocycles. The highest BCUT2D eigenvalue weighted by Gasteiger charge is 2.44. The van der Waals surface area contributed by atoms with E-state index in [1.54, 1.807) is 11.2 Å². The highest BCUT2D eigenvalue weighted by atomic mass is 32.2. The van der Waals surface area contributed by atoms with Gasteiger partial charge in [-0.05, 0) is 36.8 Å². The Morgan fingerprint density at radius 1 is 1.41 bits per heavy atom. The van der Waals surface area contributed by atoms with Gasteiger partial charge < -0.3 is 9.32 Å². The van der Waals surface area contributed by atoms with Gasteiger partial charge in [0.2, 0.25) is 15.9 Å². The van der Waals surface area contributed by atoms with Crippen molar-refractivity contribution in [1.29, 1.82) is 0 Å². The van der Waals surface area contributed by atoms with Crippen molar-refractivity contribution < 1.29 is 17.6 Å². The fourth-order valence-electron chi connectivity index (χ4n) is 3.28. The number of hydrogen-bond acceptors (Lipinski definition) is 4. The first-order valence-electron chi connectivity index (χ1n) is 7.70. The van der Waals surface area contributed by atoms with Gasteiger partial charge in [0, 0.05) is 32.0 Å². The van der Waals surface area contributed by atoms with Gasteiger partial charge in [-0.2, -0.15) is 0 Å². The van der Waals surface area contributed by atoms with Gasteiger partial charge in [0.1, 0.15) is 5.76 Å². The summed E-state index contributed by atoms with van der Waals surface area (Å²) in [6.45, 7) is 1.14. The van der Waals surface area contributed by atoms with Gasteiger partial charge in [0.05, 0.1) is 12.5 Å². The van der Waals surface area contributed by atoms with Crippen LogP contribution < -0.4 is 4.72 Å². The van der Waals surface area contributed by atoms with E-state index in [-0.39, 0.29) is 17.9 Å². The molecule has 0 unspecified atom stereocenters. The predicted molar refractivity (Wildman–Crippen MR) is 81.6 cm³/mol. The Kier molecular flexibility index (Phi) is 4.27. The maximum absolute atomic E-state index is 12.3. The van der Waals surface area contributed by atoms with Gasteiger partial charge >= 0.3 is 0 Å². The molecule has 7 heteroatoms. The Balaban J connectivity index is 1.58. The van der Waals surface area contributed by atoms with E-state index < -0.39 is 10.0 Å². The van der Waals surface area contributed by atoms with Gasteiger partial charge in [0.25, 0.3) is 0 Å². The molecule has 1 aromatic heterocycles. The highest BCUT2D eigenvalue weighted by molar-refractivity contribution is 7.88. The zero-order valence-corrected chi connectivity index (χ0v) is 13.5. The second-order valence-electron chi connectivity index (χ2n) is 6.38. The van der Waals surface area contributed by atoms with Crippen molar-refractivity contribution in [3.8, 4) is 0 Å². The summed E-state index contributed by atoms with van der Waals surface area (Å²) in [5.74, 6) is 1.68. The third kappa shape index (κ3) is 3.89. The lowest BCUT2D eigenvalue weighted by molar-refractivity contribution is -0.130. The van der Waals surface area contributed by atoms with E-state index >= 15 is 0 Å². The molecule has 1 aromatic rings. The Bertz CT molecular complexity index is 622. The molecule has 0 radical (unpaired) electrons. The van der Waals surface area contributed by atoms with E-state index in [1.807, 2.05) is 12.1 Å². The standard InChI is InChI=1S/C15H22N2O4S/c1-22(19,20)16-14-10-17(9-13(14)11-4-5-11)15(18)7-6-12-3-2-8-21-12/h2-3,8,11,13-14,16H,4-7,9-10H2,1H3/t13-,14+/m0/s1. The lowest BCUT2D eigenvalue weighted by atomic mass is 9.99. The summed E-state index contributed by atoms with van der Waals surface area (Å²) in [5, 5.41) is 0. The number of amides is 1. The van der Waals surface area contributed by atoms with Crippen LogP contribution in [0, 0.1) is 11.8 Å². The number of carbonyl (C=O) groups excluding carboxylic acids is 1. The molecule has 0 aromatic carbocycles. The van der Waals surface area contributed by atoms with Crippen LogP contribution in [0.2, 0.25) is 0 Å². The Morgan fingerprint density at radius 2 is 2.18 bits per heavy atom. The number of aryl methyl sites for hydroxylation is 1. The molecule has 1 saturated carbocycles. The Hall–Kier alpha value is -1.34. The number of furan rings is 1. The normalized spacial score (nSPS) is 25.6. The zero-order valence-electron chi connectivity index (χ0n) is 12.7. The molecule has 0 spiro atoms. The van der Waals surface area contributed by atoms with Crippen LogP contribution in [-0.2, 0) is 21.2 Å². The minimum Gasteiger partial charge on any atom is -0.469 e. The van der Waals surface area contributed by atoms with Crippen LogP contribution in [0.4, 0.5) is 0 Å². The molecular formula is C15H22N2O4S. The summed E-state index contributed by atoms with van der Waals surface area (Å²) in [5.41, 5.74) is 0. The van der Waals surface area contributed by atoms with Crippen LogP contribution >= 0.6 is 0 Å². The molecule has 122 valence electrons. The predicted octanol–water partition coefficient (Wildman–Crippen LogP) is 0.998. The van der Waals surface area contributed by atoms with E-state index in [9.17, 15) is 13.2 Å². The van der Waals surface area contributed by atoms with Gasteiger partial charge in [-0.3, -0.25) is 4.79 Å². The molecule has 22 heavy (non-hydrogen) atoms. The average molecular weight is 326 g/mol. The fourth-order valence-corrected chi connectivity index (χ4v) is 4.08. The van der Waals surface area contributed by atoms with Crippen LogP contribution in [0.15, 0.2) is 22.8 Å². The SMILES string of the molecule is CS(=O)(=O)N[C@@H]1CN(C(=O)CCc2ccco2)C[C@H]1C1CC1. The molecule has 2 atom stereocenters. The molecule has 1 N–H and O–H groups in total. The topological polar surface area (TPSA) is 79.6 Å². The first-order valence-corrected chi connectivity index (χ1v) is 9.59. The maximum atomic E-state index is 12.3. The number of nitrogens with one attached hydrogen (secondary N) is 1. The van der Waals surface area contributed by atoms with Crippen molar-refractivity contribution in [2.24, 2.45) is 11.8 Å². The molecular weight excluding hydrogens is 304 g/mol. The second-order valence-corrected chi connectivity index (χ2v) is 8.16. The lowest BCUT2D eigenvalue weighted by Gasteiger charge is -2.17. The Morgan fingerprint density at radius 3 is 2.77 bits per heavy atom. The van der Waals surface area contributed by atoms with Gasteiger partial charge in [-0.1, -0.05) is 0 Å². The largest absolute Gasteiger partial charge is 0.469 e. The first-order chi connectivity index (χ1) is 10.4. The fraction of sp³-hybridized carbons (Fsp3) is 0.667.